The van der Waals surface area contributed by atoms with Crippen LogP contribution in [0.5, 0.6) is 0 Å². The van der Waals surface area contributed by atoms with Crippen LogP contribution in [-0.4, -0.2) is 43.4 Å². The van der Waals surface area contributed by atoms with E-state index in [1.165, 1.54) is 69.1 Å². The van der Waals surface area contributed by atoms with Gasteiger partial charge in [-0.25, -0.2) is 0 Å². The van der Waals surface area contributed by atoms with Crippen molar-refractivity contribution >= 4 is 11.8 Å². The fraction of sp³-hybridized carbons (Fsp3) is 0.647. The first-order valence-corrected chi connectivity index (χ1v) is 8.96. The van der Waals surface area contributed by atoms with Crippen molar-refractivity contribution in [3.8, 4) is 0 Å². The maximum atomic E-state index is 3.62. The molecule has 3 rings (SSSR count). The molecular formula is C17H26N2S. The van der Waals surface area contributed by atoms with E-state index in [9.17, 15) is 0 Å². The summed E-state index contributed by atoms with van der Waals surface area (Å²) >= 11 is 1.99. The Morgan fingerprint density at radius 3 is 2.80 bits per heavy atom. The molecule has 0 aliphatic carbocycles. The molecule has 1 spiro atoms. The molecule has 2 fully saturated rings. The second-order valence-electron chi connectivity index (χ2n) is 6.32. The summed E-state index contributed by atoms with van der Waals surface area (Å²) in [6.07, 6.45) is 5.62. The van der Waals surface area contributed by atoms with E-state index in [-0.39, 0.29) is 0 Å². The number of benzene rings is 1. The molecule has 0 amide bonds. The van der Waals surface area contributed by atoms with Gasteiger partial charge < -0.3 is 10.2 Å². The summed E-state index contributed by atoms with van der Waals surface area (Å²) in [5, 5.41) is 3.62. The highest BCUT2D eigenvalue weighted by molar-refractivity contribution is 7.99. The highest BCUT2D eigenvalue weighted by Gasteiger charge is 2.36. The topological polar surface area (TPSA) is 15.3 Å². The number of nitrogens with one attached hydrogen (secondary N) is 1. The summed E-state index contributed by atoms with van der Waals surface area (Å²) in [6, 6.07) is 10.8. The van der Waals surface area contributed by atoms with Gasteiger partial charge in [0.25, 0.3) is 0 Å². The minimum Gasteiger partial charge on any atom is -0.316 e. The van der Waals surface area contributed by atoms with Gasteiger partial charge in [0.15, 0.2) is 0 Å². The lowest BCUT2D eigenvalue weighted by molar-refractivity contribution is 0.0688. The van der Waals surface area contributed by atoms with Crippen LogP contribution in [0.3, 0.4) is 0 Å². The van der Waals surface area contributed by atoms with Crippen molar-refractivity contribution in [3.63, 3.8) is 0 Å². The largest absolute Gasteiger partial charge is 0.316 e. The summed E-state index contributed by atoms with van der Waals surface area (Å²) in [6.45, 7) is 6.33. The Bertz CT molecular complexity index is 395. The van der Waals surface area contributed by atoms with Crippen LogP contribution in [0.1, 0.15) is 25.7 Å². The number of piperidine rings is 2. The third kappa shape index (κ3) is 3.78. The lowest BCUT2D eigenvalue weighted by Gasteiger charge is -2.45. The summed E-state index contributed by atoms with van der Waals surface area (Å²) < 4.78 is 0. The molecule has 2 heterocycles. The molecule has 2 aliphatic heterocycles. The van der Waals surface area contributed by atoms with E-state index in [0.717, 1.165) is 0 Å². The van der Waals surface area contributed by atoms with E-state index < -0.39 is 0 Å². The molecule has 1 aromatic carbocycles. The Labute approximate surface area is 127 Å². The van der Waals surface area contributed by atoms with E-state index in [1.54, 1.807) is 0 Å². The van der Waals surface area contributed by atoms with Crippen LogP contribution in [0, 0.1) is 5.41 Å². The number of hydrogen-bond acceptors (Lipinski definition) is 3. The first kappa shape index (κ1) is 14.4. The summed E-state index contributed by atoms with van der Waals surface area (Å²) in [5.74, 6) is 1.22. The average Bonchev–Trinajstić information content (AvgIpc) is 2.49. The lowest BCUT2D eigenvalue weighted by atomic mass is 9.74. The van der Waals surface area contributed by atoms with Crippen LogP contribution in [0.4, 0.5) is 0 Å². The summed E-state index contributed by atoms with van der Waals surface area (Å²) in [5.41, 5.74) is 0.591. The third-order valence-electron chi connectivity index (χ3n) is 4.72. The van der Waals surface area contributed by atoms with E-state index in [4.69, 9.17) is 0 Å². The summed E-state index contributed by atoms with van der Waals surface area (Å²) in [4.78, 5) is 4.10. The van der Waals surface area contributed by atoms with Crippen LogP contribution >= 0.6 is 11.8 Å². The highest BCUT2D eigenvalue weighted by Crippen LogP contribution is 2.35. The van der Waals surface area contributed by atoms with Gasteiger partial charge in [-0.15, -0.1) is 11.8 Å². The van der Waals surface area contributed by atoms with Gasteiger partial charge in [0.05, 0.1) is 0 Å². The predicted molar refractivity (Wildman–Crippen MR) is 87.4 cm³/mol. The minimum atomic E-state index is 0.591. The van der Waals surface area contributed by atoms with Crippen molar-refractivity contribution in [1.82, 2.24) is 10.2 Å². The van der Waals surface area contributed by atoms with Gasteiger partial charge in [0.2, 0.25) is 0 Å². The van der Waals surface area contributed by atoms with Crippen LogP contribution in [0.25, 0.3) is 0 Å². The van der Waals surface area contributed by atoms with Gasteiger partial charge >= 0.3 is 0 Å². The second-order valence-corrected chi connectivity index (χ2v) is 7.49. The molecule has 110 valence electrons. The van der Waals surface area contributed by atoms with Crippen molar-refractivity contribution in [3.05, 3.63) is 30.3 Å². The zero-order valence-corrected chi connectivity index (χ0v) is 13.1. The number of rotatable bonds is 4. The number of likely N-dealkylation sites (tertiary alicyclic amines) is 1. The standard InChI is InChI=1S/C17H26N2S/c1-2-6-16(7-3-1)20-13-12-19-11-5-9-17(15-19)8-4-10-18-14-17/h1-3,6-7,18H,4-5,8-15H2. The Morgan fingerprint density at radius 1 is 1.15 bits per heavy atom. The average molecular weight is 290 g/mol. The molecule has 2 nitrogen and oxygen atoms in total. The van der Waals surface area contributed by atoms with Crippen LogP contribution in [0.2, 0.25) is 0 Å². The fourth-order valence-corrected chi connectivity index (χ4v) is 4.62. The van der Waals surface area contributed by atoms with Crippen LogP contribution < -0.4 is 5.32 Å². The van der Waals surface area contributed by atoms with Crippen LogP contribution in [0.15, 0.2) is 35.2 Å². The van der Waals surface area contributed by atoms with Crippen LogP contribution in [-0.2, 0) is 0 Å². The maximum absolute atomic E-state index is 3.62. The van der Waals surface area contributed by atoms with Gasteiger partial charge in [-0.3, -0.25) is 0 Å². The molecule has 20 heavy (non-hydrogen) atoms. The molecule has 1 aromatic rings. The third-order valence-corrected chi connectivity index (χ3v) is 5.71. The lowest BCUT2D eigenvalue weighted by Crippen LogP contribution is -2.51. The van der Waals surface area contributed by atoms with Crippen molar-refractivity contribution < 1.29 is 0 Å². The first-order valence-electron chi connectivity index (χ1n) is 7.97. The molecule has 0 aromatic heterocycles. The van der Waals surface area contributed by atoms with E-state index in [1.807, 2.05) is 11.8 Å². The Balaban J connectivity index is 1.45. The quantitative estimate of drug-likeness (QED) is 0.857. The van der Waals surface area contributed by atoms with Gasteiger partial charge in [-0.1, -0.05) is 18.2 Å². The smallest absolute Gasteiger partial charge is 0.0108 e. The highest BCUT2D eigenvalue weighted by atomic mass is 32.2. The van der Waals surface area contributed by atoms with Crippen molar-refractivity contribution in [1.29, 1.82) is 0 Å². The van der Waals surface area contributed by atoms with E-state index in [2.05, 4.69) is 40.5 Å². The molecule has 2 saturated heterocycles. The SMILES string of the molecule is c1ccc(SCCN2CCCC3(CCCNC3)C2)cc1. The molecule has 1 atom stereocenters. The molecular weight excluding hydrogens is 264 g/mol. The van der Waals surface area contributed by atoms with Gasteiger partial charge in [0, 0.05) is 30.3 Å². The zero-order chi connectivity index (χ0) is 13.7. The normalized spacial score (nSPS) is 27.8. The molecule has 0 radical (unpaired) electrons. The van der Waals surface area contributed by atoms with Crippen molar-refractivity contribution in [2.75, 3.05) is 38.5 Å². The molecule has 3 heteroatoms. The summed E-state index contributed by atoms with van der Waals surface area (Å²) in [7, 11) is 0. The van der Waals surface area contributed by atoms with Gasteiger partial charge in [-0.2, -0.15) is 0 Å². The van der Waals surface area contributed by atoms with Crippen molar-refractivity contribution in [2.24, 2.45) is 5.41 Å². The molecule has 0 saturated carbocycles. The maximum Gasteiger partial charge on any atom is 0.0108 e. The second kappa shape index (κ2) is 6.97. The monoisotopic (exact) mass is 290 g/mol. The number of thioether (sulfide) groups is 1. The molecule has 2 aliphatic rings. The van der Waals surface area contributed by atoms with Gasteiger partial charge in [0.1, 0.15) is 0 Å². The molecule has 1 N–H and O–H groups in total. The van der Waals surface area contributed by atoms with E-state index in [0.29, 0.717) is 5.41 Å². The predicted octanol–water partition coefficient (Wildman–Crippen LogP) is 3.24. The zero-order valence-electron chi connectivity index (χ0n) is 12.3. The van der Waals surface area contributed by atoms with Gasteiger partial charge in [-0.05, 0) is 56.3 Å². The number of hydrogen-bond donors (Lipinski definition) is 1. The fourth-order valence-electron chi connectivity index (χ4n) is 3.69. The number of nitrogens with zero attached hydrogens (tertiary/aromatic N) is 1. The van der Waals surface area contributed by atoms with E-state index >= 15 is 0 Å². The molecule has 1 unspecified atom stereocenters. The first-order chi connectivity index (χ1) is 9.86. The minimum absolute atomic E-state index is 0.591. The Hall–Kier alpha value is -0.510. The Morgan fingerprint density at radius 2 is 2.00 bits per heavy atom. The Kier molecular flexibility index (Phi) is 5.03. The van der Waals surface area contributed by atoms with Crippen molar-refractivity contribution in [2.45, 2.75) is 30.6 Å². The molecule has 0 bridgehead atoms.